The molecule has 3 nitrogen and oxygen atoms in total. The Morgan fingerprint density at radius 3 is 2.77 bits per heavy atom. The lowest BCUT2D eigenvalue weighted by molar-refractivity contribution is 0.0735. The summed E-state index contributed by atoms with van der Waals surface area (Å²) < 4.78 is 0. The lowest BCUT2D eigenvalue weighted by atomic mass is 10.0. The Labute approximate surface area is 134 Å². The van der Waals surface area contributed by atoms with E-state index in [9.17, 15) is 4.79 Å². The Kier molecular flexibility index (Phi) is 4.13. The number of halogens is 1. The molecule has 1 atom stereocenters. The van der Waals surface area contributed by atoms with Crippen LogP contribution in [-0.4, -0.2) is 22.3 Å². The molecular formula is C18H15ClN2O. The van der Waals surface area contributed by atoms with Gasteiger partial charge in [0.05, 0.1) is 6.04 Å². The molecule has 0 saturated carbocycles. The Hall–Kier alpha value is -2.31. The normalized spacial score (nSPS) is 17.3. The zero-order valence-corrected chi connectivity index (χ0v) is 12.8. The number of hydrogen-bond donors (Lipinski definition) is 0. The van der Waals surface area contributed by atoms with Crippen LogP contribution in [-0.2, 0) is 0 Å². The number of likely N-dealkylation sites (tertiary alicyclic amines) is 1. The minimum atomic E-state index is -0.00664. The highest BCUT2D eigenvalue weighted by Crippen LogP contribution is 2.33. The van der Waals surface area contributed by atoms with Crippen molar-refractivity contribution in [1.82, 2.24) is 9.88 Å². The van der Waals surface area contributed by atoms with E-state index in [1.54, 1.807) is 18.3 Å². The zero-order valence-electron chi connectivity index (χ0n) is 12.0. The zero-order chi connectivity index (χ0) is 15.5. The van der Waals surface area contributed by atoms with Crippen molar-refractivity contribution in [2.45, 2.75) is 18.9 Å². The van der Waals surface area contributed by atoms with Gasteiger partial charge in [-0.2, -0.15) is 0 Å². The van der Waals surface area contributed by atoms with Crippen LogP contribution < -0.4 is 0 Å². The van der Waals surface area contributed by atoms with Crippen LogP contribution in [0.3, 0.4) is 0 Å². The summed E-state index contributed by atoms with van der Waals surface area (Å²) in [5, 5.41) is 0.333. The van der Waals surface area contributed by atoms with Gasteiger partial charge in [-0.05, 0) is 42.7 Å². The van der Waals surface area contributed by atoms with Crippen LogP contribution in [0.2, 0.25) is 5.15 Å². The fourth-order valence-corrected chi connectivity index (χ4v) is 3.03. The molecule has 1 amide bonds. The van der Waals surface area contributed by atoms with Crippen molar-refractivity contribution in [2.24, 2.45) is 0 Å². The van der Waals surface area contributed by atoms with Gasteiger partial charge >= 0.3 is 0 Å². The standard InChI is InChI=1S/C18H15ClN2O/c1-2-13-5-7-14(8-6-13)16-4-3-11-21(16)18(22)15-9-10-20-17(19)12-15/h1,5-10,12,16H,3-4,11H2. The van der Waals surface area contributed by atoms with E-state index in [-0.39, 0.29) is 11.9 Å². The van der Waals surface area contributed by atoms with Crippen molar-refractivity contribution in [3.8, 4) is 12.3 Å². The van der Waals surface area contributed by atoms with Gasteiger partial charge in [0.2, 0.25) is 0 Å². The molecule has 0 bridgehead atoms. The number of benzene rings is 1. The average molecular weight is 311 g/mol. The SMILES string of the molecule is C#Cc1ccc(C2CCCN2C(=O)c2ccnc(Cl)c2)cc1. The highest BCUT2D eigenvalue weighted by atomic mass is 35.5. The Morgan fingerprint density at radius 1 is 1.32 bits per heavy atom. The summed E-state index contributed by atoms with van der Waals surface area (Å²) in [4.78, 5) is 18.5. The van der Waals surface area contributed by atoms with Gasteiger partial charge in [0, 0.05) is 23.9 Å². The van der Waals surface area contributed by atoms with Crippen LogP contribution in [0.15, 0.2) is 42.6 Å². The number of aromatic nitrogens is 1. The first kappa shape index (κ1) is 14.6. The molecule has 0 radical (unpaired) electrons. The molecule has 1 aliphatic rings. The highest BCUT2D eigenvalue weighted by Gasteiger charge is 2.30. The first-order valence-corrected chi connectivity index (χ1v) is 7.56. The van der Waals surface area contributed by atoms with E-state index in [1.807, 2.05) is 29.2 Å². The number of pyridine rings is 1. The maximum absolute atomic E-state index is 12.7. The molecule has 3 rings (SSSR count). The summed E-state index contributed by atoms with van der Waals surface area (Å²) in [5.74, 6) is 2.60. The molecule has 1 fully saturated rings. The highest BCUT2D eigenvalue weighted by molar-refractivity contribution is 6.29. The summed E-state index contributed by atoms with van der Waals surface area (Å²) >= 11 is 5.88. The minimum Gasteiger partial charge on any atom is -0.332 e. The number of rotatable bonds is 2. The number of carbonyl (C=O) groups excluding carboxylic acids is 1. The fraction of sp³-hybridized carbons (Fsp3) is 0.222. The Morgan fingerprint density at radius 2 is 2.09 bits per heavy atom. The lowest BCUT2D eigenvalue weighted by Crippen LogP contribution is -2.30. The van der Waals surface area contributed by atoms with Crippen LogP contribution in [0.5, 0.6) is 0 Å². The molecule has 1 aromatic carbocycles. The number of amides is 1. The molecule has 1 saturated heterocycles. The van der Waals surface area contributed by atoms with Crippen molar-refractivity contribution in [1.29, 1.82) is 0 Å². The summed E-state index contributed by atoms with van der Waals surface area (Å²) in [7, 11) is 0. The topological polar surface area (TPSA) is 33.2 Å². The summed E-state index contributed by atoms with van der Waals surface area (Å²) in [5.41, 5.74) is 2.54. The second-order valence-corrected chi connectivity index (χ2v) is 5.68. The van der Waals surface area contributed by atoms with Crippen LogP contribution in [0, 0.1) is 12.3 Å². The van der Waals surface area contributed by atoms with E-state index in [2.05, 4.69) is 10.9 Å². The fourth-order valence-electron chi connectivity index (χ4n) is 2.86. The van der Waals surface area contributed by atoms with Crippen molar-refractivity contribution in [3.63, 3.8) is 0 Å². The number of hydrogen-bond acceptors (Lipinski definition) is 2. The first-order valence-electron chi connectivity index (χ1n) is 7.18. The third kappa shape index (κ3) is 2.84. The maximum Gasteiger partial charge on any atom is 0.254 e. The maximum atomic E-state index is 12.7. The van der Waals surface area contributed by atoms with Gasteiger partial charge in [-0.1, -0.05) is 29.7 Å². The molecule has 0 aliphatic carbocycles. The van der Waals surface area contributed by atoms with E-state index in [1.165, 1.54) is 0 Å². The largest absolute Gasteiger partial charge is 0.332 e. The smallest absolute Gasteiger partial charge is 0.254 e. The van der Waals surface area contributed by atoms with Gasteiger partial charge in [0.1, 0.15) is 5.15 Å². The quantitative estimate of drug-likeness (QED) is 0.626. The average Bonchev–Trinajstić information content (AvgIpc) is 3.04. The van der Waals surface area contributed by atoms with Crippen molar-refractivity contribution >= 4 is 17.5 Å². The third-order valence-corrected chi connectivity index (χ3v) is 4.16. The molecule has 0 N–H and O–H groups in total. The van der Waals surface area contributed by atoms with Gasteiger partial charge in [-0.15, -0.1) is 6.42 Å². The van der Waals surface area contributed by atoms with Gasteiger partial charge in [-0.25, -0.2) is 4.98 Å². The first-order chi connectivity index (χ1) is 10.7. The number of terminal acetylenes is 1. The Balaban J connectivity index is 1.86. The van der Waals surface area contributed by atoms with Crippen LogP contribution in [0.25, 0.3) is 0 Å². The van der Waals surface area contributed by atoms with Gasteiger partial charge < -0.3 is 4.90 Å². The molecule has 4 heteroatoms. The molecule has 2 heterocycles. The molecule has 22 heavy (non-hydrogen) atoms. The van der Waals surface area contributed by atoms with E-state index >= 15 is 0 Å². The Bertz CT molecular complexity index is 733. The van der Waals surface area contributed by atoms with Gasteiger partial charge in [-0.3, -0.25) is 4.79 Å². The molecule has 1 unspecified atom stereocenters. The molecule has 110 valence electrons. The third-order valence-electron chi connectivity index (χ3n) is 3.95. The predicted molar refractivity (Wildman–Crippen MR) is 86.6 cm³/mol. The molecule has 1 aliphatic heterocycles. The summed E-state index contributed by atoms with van der Waals surface area (Å²) in [6.07, 6.45) is 8.89. The van der Waals surface area contributed by atoms with Crippen molar-refractivity contribution in [3.05, 3.63) is 64.4 Å². The van der Waals surface area contributed by atoms with Gasteiger partial charge in [0.25, 0.3) is 5.91 Å². The minimum absolute atomic E-state index is 0.00664. The lowest BCUT2D eigenvalue weighted by Gasteiger charge is -2.25. The molecule has 0 spiro atoms. The van der Waals surface area contributed by atoms with Crippen LogP contribution in [0.1, 0.15) is 40.4 Å². The van der Waals surface area contributed by atoms with Crippen molar-refractivity contribution < 1.29 is 4.79 Å². The second-order valence-electron chi connectivity index (χ2n) is 5.29. The van der Waals surface area contributed by atoms with E-state index in [4.69, 9.17) is 18.0 Å². The van der Waals surface area contributed by atoms with Gasteiger partial charge in [0.15, 0.2) is 0 Å². The number of nitrogens with zero attached hydrogens (tertiary/aromatic N) is 2. The van der Waals surface area contributed by atoms with Crippen LogP contribution >= 0.6 is 11.6 Å². The van der Waals surface area contributed by atoms with E-state index in [0.29, 0.717) is 10.7 Å². The predicted octanol–water partition coefficient (Wildman–Crippen LogP) is 3.69. The van der Waals surface area contributed by atoms with E-state index < -0.39 is 0 Å². The van der Waals surface area contributed by atoms with Crippen LogP contribution in [0.4, 0.5) is 0 Å². The number of carbonyl (C=O) groups is 1. The van der Waals surface area contributed by atoms with E-state index in [0.717, 1.165) is 30.5 Å². The van der Waals surface area contributed by atoms with Crippen molar-refractivity contribution in [2.75, 3.05) is 6.54 Å². The summed E-state index contributed by atoms with van der Waals surface area (Å²) in [6.45, 7) is 0.750. The summed E-state index contributed by atoms with van der Waals surface area (Å²) in [6, 6.07) is 11.2. The molecule has 2 aromatic rings. The second kappa shape index (κ2) is 6.21. The monoisotopic (exact) mass is 310 g/mol. The molecule has 1 aromatic heterocycles. The molecular weight excluding hydrogens is 296 g/mol.